The van der Waals surface area contributed by atoms with Gasteiger partial charge in [0.25, 0.3) is 5.91 Å². The molecule has 1 saturated carbocycles. The SMILES string of the molecule is NCC(NC(=O)c1cn(-c2ccccc2)nc1-c1cccnc1)C1CC1. The van der Waals surface area contributed by atoms with Gasteiger partial charge >= 0.3 is 0 Å². The number of carbonyl (C=O) groups is 1. The van der Waals surface area contributed by atoms with Gasteiger partial charge in [-0.25, -0.2) is 4.68 Å². The van der Waals surface area contributed by atoms with Crippen LogP contribution in [-0.2, 0) is 0 Å². The molecule has 3 aromatic rings. The quantitative estimate of drug-likeness (QED) is 0.717. The highest BCUT2D eigenvalue weighted by molar-refractivity contribution is 6.00. The number of aromatic nitrogens is 3. The van der Waals surface area contributed by atoms with Crippen LogP contribution in [0.1, 0.15) is 23.2 Å². The standard InChI is InChI=1S/C20H21N5O/c21-11-18(14-8-9-14)23-20(26)17-13-25(16-6-2-1-3-7-16)24-19(17)15-5-4-10-22-12-15/h1-7,10,12-14,18H,8-9,11,21H2,(H,23,26). The first-order valence-electron chi connectivity index (χ1n) is 8.82. The summed E-state index contributed by atoms with van der Waals surface area (Å²) >= 11 is 0. The summed E-state index contributed by atoms with van der Waals surface area (Å²) in [5.41, 5.74) is 8.69. The van der Waals surface area contributed by atoms with E-state index in [0.717, 1.165) is 24.1 Å². The Bertz CT molecular complexity index is 887. The van der Waals surface area contributed by atoms with Crippen molar-refractivity contribution in [2.45, 2.75) is 18.9 Å². The predicted molar refractivity (Wildman–Crippen MR) is 99.8 cm³/mol. The number of amides is 1. The van der Waals surface area contributed by atoms with E-state index >= 15 is 0 Å². The van der Waals surface area contributed by atoms with Gasteiger partial charge in [-0.3, -0.25) is 9.78 Å². The van der Waals surface area contributed by atoms with E-state index in [1.165, 1.54) is 0 Å². The third kappa shape index (κ3) is 3.36. The van der Waals surface area contributed by atoms with Gasteiger partial charge in [0.2, 0.25) is 0 Å². The molecule has 0 radical (unpaired) electrons. The Balaban J connectivity index is 1.71. The fourth-order valence-electron chi connectivity index (χ4n) is 3.08. The number of nitrogens with zero attached hydrogens (tertiary/aromatic N) is 3. The normalized spacial score (nSPS) is 14.8. The van der Waals surface area contributed by atoms with Crippen molar-refractivity contribution < 1.29 is 4.79 Å². The second-order valence-electron chi connectivity index (χ2n) is 6.57. The highest BCUT2D eigenvalue weighted by Gasteiger charge is 2.32. The molecule has 1 fully saturated rings. The van der Waals surface area contributed by atoms with Crippen LogP contribution < -0.4 is 11.1 Å². The smallest absolute Gasteiger partial charge is 0.255 e. The lowest BCUT2D eigenvalue weighted by molar-refractivity contribution is 0.0934. The summed E-state index contributed by atoms with van der Waals surface area (Å²) in [5, 5.41) is 7.73. The van der Waals surface area contributed by atoms with Crippen LogP contribution in [0.15, 0.2) is 61.1 Å². The van der Waals surface area contributed by atoms with Gasteiger partial charge in [0.05, 0.1) is 11.3 Å². The lowest BCUT2D eigenvalue weighted by Crippen LogP contribution is -2.41. The molecule has 6 heteroatoms. The van der Waals surface area contributed by atoms with Crippen LogP contribution in [-0.4, -0.2) is 33.3 Å². The first-order chi connectivity index (χ1) is 12.8. The fraction of sp³-hybridized carbons (Fsp3) is 0.250. The van der Waals surface area contributed by atoms with Crippen molar-refractivity contribution in [2.75, 3.05) is 6.54 Å². The average molecular weight is 347 g/mol. The Hall–Kier alpha value is -2.99. The van der Waals surface area contributed by atoms with Crippen molar-refractivity contribution in [3.05, 3.63) is 66.6 Å². The molecule has 0 bridgehead atoms. The Morgan fingerprint density at radius 2 is 2.04 bits per heavy atom. The molecule has 1 amide bonds. The third-order valence-corrected chi connectivity index (χ3v) is 4.68. The lowest BCUT2D eigenvalue weighted by atomic mass is 10.1. The molecular formula is C20H21N5O. The van der Waals surface area contributed by atoms with E-state index < -0.39 is 0 Å². The van der Waals surface area contributed by atoms with Gasteiger partial charge in [0, 0.05) is 36.7 Å². The Morgan fingerprint density at radius 1 is 1.23 bits per heavy atom. The number of benzene rings is 1. The number of nitrogens with one attached hydrogen (secondary N) is 1. The van der Waals surface area contributed by atoms with E-state index in [1.807, 2.05) is 42.5 Å². The van der Waals surface area contributed by atoms with E-state index in [0.29, 0.717) is 23.7 Å². The molecule has 1 aliphatic carbocycles. The van der Waals surface area contributed by atoms with Gasteiger partial charge in [-0.2, -0.15) is 5.10 Å². The third-order valence-electron chi connectivity index (χ3n) is 4.68. The van der Waals surface area contributed by atoms with Crippen LogP contribution in [0.3, 0.4) is 0 Å². The van der Waals surface area contributed by atoms with E-state index in [1.54, 1.807) is 23.3 Å². The summed E-state index contributed by atoms with van der Waals surface area (Å²) in [6.45, 7) is 0.450. The van der Waals surface area contributed by atoms with Crippen molar-refractivity contribution in [2.24, 2.45) is 11.7 Å². The van der Waals surface area contributed by atoms with Gasteiger partial charge < -0.3 is 11.1 Å². The molecule has 1 aliphatic rings. The molecule has 1 atom stereocenters. The van der Waals surface area contributed by atoms with Gasteiger partial charge in [-0.1, -0.05) is 18.2 Å². The summed E-state index contributed by atoms with van der Waals surface area (Å²) in [5.74, 6) is 0.350. The molecular weight excluding hydrogens is 326 g/mol. The van der Waals surface area contributed by atoms with Crippen LogP contribution in [0.5, 0.6) is 0 Å². The van der Waals surface area contributed by atoms with Crippen LogP contribution in [0.25, 0.3) is 16.9 Å². The summed E-state index contributed by atoms with van der Waals surface area (Å²) < 4.78 is 1.73. The second-order valence-corrected chi connectivity index (χ2v) is 6.57. The van der Waals surface area contributed by atoms with Gasteiger partial charge in [0.1, 0.15) is 5.69 Å². The number of hydrogen-bond acceptors (Lipinski definition) is 4. The maximum atomic E-state index is 12.9. The summed E-state index contributed by atoms with van der Waals surface area (Å²) in [7, 11) is 0. The fourth-order valence-corrected chi connectivity index (χ4v) is 3.08. The summed E-state index contributed by atoms with van der Waals surface area (Å²) in [6, 6.07) is 13.5. The number of carbonyl (C=O) groups excluding carboxylic acids is 1. The molecule has 1 aromatic carbocycles. The van der Waals surface area contributed by atoms with Gasteiger partial charge in [0.15, 0.2) is 0 Å². The van der Waals surface area contributed by atoms with Crippen LogP contribution in [0.2, 0.25) is 0 Å². The zero-order valence-corrected chi connectivity index (χ0v) is 14.4. The number of rotatable bonds is 6. The highest BCUT2D eigenvalue weighted by Crippen LogP contribution is 2.32. The molecule has 26 heavy (non-hydrogen) atoms. The van der Waals surface area contributed by atoms with Gasteiger partial charge in [-0.15, -0.1) is 0 Å². The molecule has 0 spiro atoms. The largest absolute Gasteiger partial charge is 0.348 e. The van der Waals surface area contributed by atoms with E-state index in [9.17, 15) is 4.79 Å². The zero-order valence-electron chi connectivity index (χ0n) is 14.4. The molecule has 1 unspecified atom stereocenters. The van der Waals surface area contributed by atoms with E-state index in [2.05, 4.69) is 15.4 Å². The minimum absolute atomic E-state index is 0.0179. The van der Waals surface area contributed by atoms with E-state index in [4.69, 9.17) is 5.73 Å². The van der Waals surface area contributed by atoms with Crippen molar-refractivity contribution in [3.63, 3.8) is 0 Å². The minimum Gasteiger partial charge on any atom is -0.348 e. The van der Waals surface area contributed by atoms with Crippen molar-refractivity contribution in [1.29, 1.82) is 0 Å². The monoisotopic (exact) mass is 347 g/mol. The van der Waals surface area contributed by atoms with Crippen LogP contribution >= 0.6 is 0 Å². The molecule has 3 N–H and O–H groups in total. The van der Waals surface area contributed by atoms with Crippen LogP contribution in [0.4, 0.5) is 0 Å². The maximum absolute atomic E-state index is 12.9. The first kappa shape index (κ1) is 16.5. The minimum atomic E-state index is -0.145. The first-order valence-corrected chi connectivity index (χ1v) is 8.82. The molecule has 2 aromatic heterocycles. The van der Waals surface area contributed by atoms with Gasteiger partial charge in [-0.05, 0) is 43.0 Å². The molecule has 4 rings (SSSR count). The highest BCUT2D eigenvalue weighted by atomic mass is 16.1. The predicted octanol–water partition coefficient (Wildman–Crippen LogP) is 2.40. The topological polar surface area (TPSA) is 85.8 Å². The molecule has 6 nitrogen and oxygen atoms in total. The number of para-hydroxylation sites is 1. The Labute approximate surface area is 152 Å². The summed E-state index contributed by atoms with van der Waals surface area (Å²) in [4.78, 5) is 17.1. The number of pyridine rings is 1. The summed E-state index contributed by atoms with van der Waals surface area (Å²) in [6.07, 6.45) is 7.44. The average Bonchev–Trinajstić information content (AvgIpc) is 3.44. The molecule has 132 valence electrons. The number of hydrogen-bond donors (Lipinski definition) is 2. The molecule has 0 saturated heterocycles. The Kier molecular flexibility index (Phi) is 4.50. The van der Waals surface area contributed by atoms with E-state index in [-0.39, 0.29) is 11.9 Å². The lowest BCUT2D eigenvalue weighted by Gasteiger charge is -2.15. The number of nitrogens with two attached hydrogens (primary N) is 1. The zero-order chi connectivity index (χ0) is 17.9. The Morgan fingerprint density at radius 3 is 2.69 bits per heavy atom. The second kappa shape index (κ2) is 7.09. The van der Waals surface area contributed by atoms with Crippen molar-refractivity contribution in [1.82, 2.24) is 20.1 Å². The maximum Gasteiger partial charge on any atom is 0.255 e. The van der Waals surface area contributed by atoms with Crippen molar-refractivity contribution in [3.8, 4) is 16.9 Å². The van der Waals surface area contributed by atoms with Crippen LogP contribution in [0, 0.1) is 5.92 Å². The van der Waals surface area contributed by atoms with Crippen molar-refractivity contribution >= 4 is 5.91 Å². The molecule has 0 aliphatic heterocycles. The molecule has 2 heterocycles.